The third-order valence-corrected chi connectivity index (χ3v) is 4.24. The fourth-order valence-corrected chi connectivity index (χ4v) is 3.18. The molecular formula is C10H4Cl3NO2S2. The minimum atomic E-state index is -0.327. The SMILES string of the molecule is O=C1NC(=S)SC1=Cc1c(Cl)cc(Cl)c(O)c1Cl. The fraction of sp³-hybridized carbons (Fsp3) is 0. The standard InChI is InChI=1S/C10H4Cl3NO2S2/c11-4-2-5(12)8(15)7(13)3(4)1-6-9(16)14-10(17)18-6/h1-2,15H,(H,14,16,17). The van der Waals surface area contributed by atoms with Crippen molar-refractivity contribution in [3.63, 3.8) is 0 Å². The van der Waals surface area contributed by atoms with Gasteiger partial charge in [-0.25, -0.2) is 0 Å². The van der Waals surface area contributed by atoms with Crippen LogP contribution in [-0.4, -0.2) is 15.3 Å². The zero-order chi connectivity index (χ0) is 13.4. The summed E-state index contributed by atoms with van der Waals surface area (Å²) in [5, 5.41) is 12.4. The molecule has 1 heterocycles. The summed E-state index contributed by atoms with van der Waals surface area (Å²) in [5.74, 6) is -0.605. The lowest BCUT2D eigenvalue weighted by atomic mass is 10.2. The average Bonchev–Trinajstić information content (AvgIpc) is 2.60. The number of rotatable bonds is 1. The molecule has 0 bridgehead atoms. The molecule has 1 aliphatic heterocycles. The van der Waals surface area contributed by atoms with Crippen LogP contribution in [0.5, 0.6) is 5.75 Å². The second-order valence-electron chi connectivity index (χ2n) is 3.27. The van der Waals surface area contributed by atoms with Gasteiger partial charge in [-0.3, -0.25) is 4.79 Å². The number of benzene rings is 1. The Kier molecular flexibility index (Phi) is 4.08. The van der Waals surface area contributed by atoms with E-state index in [9.17, 15) is 9.90 Å². The predicted octanol–water partition coefficient (Wildman–Crippen LogP) is 3.84. The number of nitrogens with one attached hydrogen (secondary N) is 1. The van der Waals surface area contributed by atoms with E-state index in [1.54, 1.807) is 0 Å². The van der Waals surface area contributed by atoms with E-state index >= 15 is 0 Å². The summed E-state index contributed by atoms with van der Waals surface area (Å²) in [6, 6.07) is 1.35. The molecule has 3 nitrogen and oxygen atoms in total. The average molecular weight is 341 g/mol. The molecule has 1 fully saturated rings. The Labute approximate surface area is 127 Å². The van der Waals surface area contributed by atoms with Crippen LogP contribution in [0.4, 0.5) is 0 Å². The lowest BCUT2D eigenvalue weighted by Crippen LogP contribution is -2.17. The highest BCUT2D eigenvalue weighted by Crippen LogP contribution is 2.41. The summed E-state index contributed by atoms with van der Waals surface area (Å²) in [7, 11) is 0. The second kappa shape index (κ2) is 5.27. The molecule has 1 aromatic carbocycles. The first-order valence-corrected chi connectivity index (χ1v) is 6.87. The van der Waals surface area contributed by atoms with E-state index in [2.05, 4.69) is 5.32 Å². The maximum absolute atomic E-state index is 11.5. The monoisotopic (exact) mass is 339 g/mol. The molecular weight excluding hydrogens is 337 g/mol. The molecule has 0 unspecified atom stereocenters. The quantitative estimate of drug-likeness (QED) is 0.602. The first kappa shape index (κ1) is 14.0. The zero-order valence-electron chi connectivity index (χ0n) is 8.46. The normalized spacial score (nSPS) is 17.4. The molecule has 0 aliphatic carbocycles. The van der Waals surface area contributed by atoms with Crippen molar-refractivity contribution >= 4 is 75.1 Å². The van der Waals surface area contributed by atoms with Gasteiger partial charge in [-0.05, 0) is 12.1 Å². The number of phenolic OH excluding ortho intramolecular Hbond substituents is 1. The van der Waals surface area contributed by atoms with Crippen molar-refractivity contribution in [1.82, 2.24) is 5.32 Å². The van der Waals surface area contributed by atoms with Crippen molar-refractivity contribution in [3.05, 3.63) is 31.6 Å². The number of thioether (sulfide) groups is 1. The molecule has 0 atom stereocenters. The smallest absolute Gasteiger partial charge is 0.263 e. The van der Waals surface area contributed by atoms with E-state index in [-0.39, 0.29) is 26.7 Å². The molecule has 0 saturated carbocycles. The molecule has 94 valence electrons. The number of thiocarbonyl (C=S) groups is 1. The van der Waals surface area contributed by atoms with Crippen LogP contribution in [0, 0.1) is 0 Å². The molecule has 0 spiro atoms. The summed E-state index contributed by atoms with van der Waals surface area (Å²) >= 11 is 23.6. The van der Waals surface area contributed by atoms with Crippen molar-refractivity contribution in [1.29, 1.82) is 0 Å². The Morgan fingerprint density at radius 1 is 1.33 bits per heavy atom. The number of aromatic hydroxyl groups is 1. The number of carbonyl (C=O) groups excluding carboxylic acids is 1. The minimum Gasteiger partial charge on any atom is -0.505 e. The molecule has 18 heavy (non-hydrogen) atoms. The Balaban J connectivity index is 2.53. The Morgan fingerprint density at radius 3 is 2.56 bits per heavy atom. The van der Waals surface area contributed by atoms with Crippen molar-refractivity contribution in [2.75, 3.05) is 0 Å². The number of phenols is 1. The van der Waals surface area contributed by atoms with E-state index in [0.29, 0.717) is 14.8 Å². The van der Waals surface area contributed by atoms with Gasteiger partial charge in [-0.2, -0.15) is 0 Å². The van der Waals surface area contributed by atoms with Crippen LogP contribution in [0.15, 0.2) is 11.0 Å². The Morgan fingerprint density at radius 2 is 2.00 bits per heavy atom. The van der Waals surface area contributed by atoms with Gasteiger partial charge in [-0.15, -0.1) is 0 Å². The third kappa shape index (κ3) is 2.60. The van der Waals surface area contributed by atoms with E-state index in [0.717, 1.165) is 11.8 Å². The number of hydrogen-bond acceptors (Lipinski definition) is 4. The summed E-state index contributed by atoms with van der Waals surface area (Å²) in [5.41, 5.74) is 0.322. The number of hydrogen-bond donors (Lipinski definition) is 2. The first-order chi connectivity index (χ1) is 8.40. The Bertz CT molecular complexity index is 601. The van der Waals surface area contributed by atoms with Gasteiger partial charge in [0.15, 0.2) is 5.75 Å². The summed E-state index contributed by atoms with van der Waals surface area (Å²) in [4.78, 5) is 11.9. The van der Waals surface area contributed by atoms with Crippen LogP contribution < -0.4 is 5.32 Å². The lowest BCUT2D eigenvalue weighted by molar-refractivity contribution is -0.115. The maximum Gasteiger partial charge on any atom is 0.263 e. The van der Waals surface area contributed by atoms with Gasteiger partial charge in [0.2, 0.25) is 0 Å². The van der Waals surface area contributed by atoms with Gasteiger partial charge in [0.05, 0.1) is 20.0 Å². The summed E-state index contributed by atoms with van der Waals surface area (Å²) < 4.78 is 0.358. The van der Waals surface area contributed by atoms with Crippen molar-refractivity contribution in [3.8, 4) is 5.75 Å². The molecule has 2 rings (SSSR count). The topological polar surface area (TPSA) is 49.3 Å². The van der Waals surface area contributed by atoms with E-state index in [4.69, 9.17) is 47.0 Å². The van der Waals surface area contributed by atoms with E-state index in [1.165, 1.54) is 12.1 Å². The highest BCUT2D eigenvalue weighted by molar-refractivity contribution is 8.26. The minimum absolute atomic E-state index is 0.00813. The number of amides is 1. The molecule has 1 aliphatic rings. The molecule has 8 heteroatoms. The van der Waals surface area contributed by atoms with Gasteiger partial charge >= 0.3 is 0 Å². The van der Waals surface area contributed by atoms with Gasteiger partial charge in [-0.1, -0.05) is 58.8 Å². The molecule has 2 N–H and O–H groups in total. The van der Waals surface area contributed by atoms with Crippen molar-refractivity contribution in [2.45, 2.75) is 0 Å². The fourth-order valence-electron chi connectivity index (χ4n) is 1.28. The van der Waals surface area contributed by atoms with Crippen LogP contribution in [0.1, 0.15) is 5.56 Å². The van der Waals surface area contributed by atoms with E-state index in [1.807, 2.05) is 0 Å². The predicted molar refractivity (Wildman–Crippen MR) is 79.4 cm³/mol. The highest BCUT2D eigenvalue weighted by atomic mass is 35.5. The van der Waals surface area contributed by atoms with Crippen LogP contribution in [0.2, 0.25) is 15.1 Å². The van der Waals surface area contributed by atoms with Gasteiger partial charge in [0.1, 0.15) is 4.32 Å². The van der Waals surface area contributed by atoms with Crippen LogP contribution >= 0.6 is 58.8 Å². The summed E-state index contributed by atoms with van der Waals surface area (Å²) in [6.45, 7) is 0. The molecule has 0 radical (unpaired) electrons. The molecule has 1 amide bonds. The lowest BCUT2D eigenvalue weighted by Gasteiger charge is -2.06. The largest absolute Gasteiger partial charge is 0.505 e. The van der Waals surface area contributed by atoms with Gasteiger partial charge in [0, 0.05) is 5.56 Å². The first-order valence-electron chi connectivity index (χ1n) is 4.51. The van der Waals surface area contributed by atoms with Crippen molar-refractivity contribution < 1.29 is 9.90 Å². The van der Waals surface area contributed by atoms with Gasteiger partial charge < -0.3 is 10.4 Å². The summed E-state index contributed by atoms with van der Waals surface area (Å²) in [6.07, 6.45) is 1.46. The zero-order valence-corrected chi connectivity index (χ0v) is 12.4. The molecule has 1 aromatic rings. The van der Waals surface area contributed by atoms with Crippen LogP contribution in [0.3, 0.4) is 0 Å². The second-order valence-corrected chi connectivity index (χ2v) is 6.18. The maximum atomic E-state index is 11.5. The van der Waals surface area contributed by atoms with Crippen LogP contribution in [0.25, 0.3) is 6.08 Å². The van der Waals surface area contributed by atoms with E-state index < -0.39 is 0 Å². The molecule has 1 saturated heterocycles. The molecule has 0 aromatic heterocycles. The number of halogens is 3. The van der Waals surface area contributed by atoms with Crippen molar-refractivity contribution in [2.24, 2.45) is 0 Å². The Hall–Kier alpha value is -0.460. The highest BCUT2D eigenvalue weighted by Gasteiger charge is 2.23. The van der Waals surface area contributed by atoms with Crippen LogP contribution in [-0.2, 0) is 4.79 Å². The van der Waals surface area contributed by atoms with Gasteiger partial charge in [0.25, 0.3) is 5.91 Å². The number of carbonyl (C=O) groups is 1. The third-order valence-electron chi connectivity index (χ3n) is 2.10.